The van der Waals surface area contributed by atoms with Gasteiger partial charge in [-0.25, -0.2) is 4.79 Å². The van der Waals surface area contributed by atoms with Gasteiger partial charge in [0.25, 0.3) is 0 Å². The Balaban J connectivity index is 1.79. The average molecular weight is 379 g/mol. The molecule has 2 aromatic rings. The lowest BCUT2D eigenvalue weighted by atomic mass is 9.88. The van der Waals surface area contributed by atoms with Crippen molar-refractivity contribution in [2.45, 2.75) is 32.7 Å². The topological polar surface area (TPSA) is 55.8 Å². The maximum absolute atomic E-state index is 12.6. The van der Waals surface area contributed by atoms with E-state index in [1.165, 1.54) is 12.2 Å². The summed E-state index contributed by atoms with van der Waals surface area (Å²) in [7, 11) is 0. The van der Waals surface area contributed by atoms with Crippen LogP contribution in [0.5, 0.6) is 0 Å². The van der Waals surface area contributed by atoms with Gasteiger partial charge in [0.2, 0.25) is 6.29 Å². The second-order valence-corrected chi connectivity index (χ2v) is 6.74. The molecule has 3 rings (SSSR count). The molecule has 5 nitrogen and oxygen atoms in total. The molecule has 1 aliphatic rings. The first-order valence-corrected chi connectivity index (χ1v) is 9.50. The molecule has 0 bridgehead atoms. The Hall–Kier alpha value is -2.92. The third-order valence-corrected chi connectivity index (χ3v) is 5.01. The molecule has 0 saturated heterocycles. The van der Waals surface area contributed by atoms with Gasteiger partial charge in [0.15, 0.2) is 11.4 Å². The van der Waals surface area contributed by atoms with Crippen LogP contribution >= 0.6 is 0 Å². The highest BCUT2D eigenvalue weighted by molar-refractivity contribution is 5.98. The van der Waals surface area contributed by atoms with Gasteiger partial charge in [0.1, 0.15) is 0 Å². The molecule has 0 radical (unpaired) electrons. The van der Waals surface area contributed by atoms with Gasteiger partial charge in [-0.1, -0.05) is 54.6 Å². The number of rotatable bonds is 5. The highest BCUT2D eigenvalue weighted by atomic mass is 16.7. The van der Waals surface area contributed by atoms with Crippen LogP contribution in [-0.2, 0) is 19.9 Å². The molecular formula is C23H25NO4. The van der Waals surface area contributed by atoms with Crippen molar-refractivity contribution in [3.63, 3.8) is 0 Å². The van der Waals surface area contributed by atoms with Gasteiger partial charge in [-0.2, -0.15) is 0 Å². The number of amides is 1. The van der Waals surface area contributed by atoms with E-state index < -0.39 is 18.0 Å². The van der Waals surface area contributed by atoms with Gasteiger partial charge < -0.3 is 14.4 Å². The fourth-order valence-electron chi connectivity index (χ4n) is 3.20. The molecule has 1 aliphatic heterocycles. The zero-order valence-corrected chi connectivity index (χ0v) is 16.4. The summed E-state index contributed by atoms with van der Waals surface area (Å²) in [5.41, 5.74) is 1.65. The van der Waals surface area contributed by atoms with Gasteiger partial charge in [0.05, 0.1) is 0 Å². The monoisotopic (exact) mass is 379 g/mol. The Labute approximate surface area is 165 Å². The van der Waals surface area contributed by atoms with Crippen molar-refractivity contribution in [1.29, 1.82) is 0 Å². The summed E-state index contributed by atoms with van der Waals surface area (Å²) >= 11 is 0. The van der Waals surface area contributed by atoms with E-state index in [9.17, 15) is 9.59 Å². The van der Waals surface area contributed by atoms with Gasteiger partial charge in [0, 0.05) is 13.1 Å². The molecule has 0 spiro atoms. The van der Waals surface area contributed by atoms with Crippen LogP contribution in [0.3, 0.4) is 0 Å². The van der Waals surface area contributed by atoms with E-state index in [2.05, 4.69) is 0 Å². The van der Waals surface area contributed by atoms with Crippen LogP contribution in [0.4, 0.5) is 4.79 Å². The minimum absolute atomic E-state index is 0.185. The molecule has 0 aromatic heterocycles. The van der Waals surface area contributed by atoms with E-state index in [0.717, 1.165) is 11.1 Å². The van der Waals surface area contributed by atoms with Crippen molar-refractivity contribution >= 4 is 11.9 Å². The zero-order valence-electron chi connectivity index (χ0n) is 16.4. The summed E-state index contributed by atoms with van der Waals surface area (Å²) in [6.07, 6.45) is 1.53. The summed E-state index contributed by atoms with van der Waals surface area (Å²) in [6, 6.07) is 17.7. The number of hydrogen-bond donors (Lipinski definition) is 0. The largest absolute Gasteiger partial charge is 0.416 e. The Kier molecular flexibility index (Phi) is 5.95. The summed E-state index contributed by atoms with van der Waals surface area (Å²) < 4.78 is 11.3. The quantitative estimate of drug-likeness (QED) is 0.766. The molecule has 0 aliphatic carbocycles. The first kappa shape index (κ1) is 19.8. The fourth-order valence-corrected chi connectivity index (χ4v) is 3.20. The molecule has 0 saturated carbocycles. The molecule has 2 unspecified atom stereocenters. The molecule has 1 amide bonds. The van der Waals surface area contributed by atoms with E-state index in [1.54, 1.807) is 11.8 Å². The van der Waals surface area contributed by atoms with Crippen molar-refractivity contribution < 1.29 is 19.1 Å². The maximum atomic E-state index is 12.6. The Morgan fingerprint density at radius 1 is 1.04 bits per heavy atom. The Bertz CT molecular complexity index is 856. The Morgan fingerprint density at radius 2 is 1.64 bits per heavy atom. The van der Waals surface area contributed by atoms with Crippen molar-refractivity contribution in [1.82, 2.24) is 4.90 Å². The van der Waals surface area contributed by atoms with E-state index in [0.29, 0.717) is 18.7 Å². The van der Waals surface area contributed by atoms with Crippen LogP contribution < -0.4 is 0 Å². The third-order valence-electron chi connectivity index (χ3n) is 5.01. The standard InChI is InChI=1S/C23H25NO4/c1-4-24(5-2)22(26)27-21-16-15-20(25)23(3,28-21)19-13-11-18(12-14-19)17-9-7-6-8-10-17/h6-16,21H,4-5H2,1-3H3. The molecule has 2 atom stereocenters. The first-order valence-electron chi connectivity index (χ1n) is 9.50. The molecule has 28 heavy (non-hydrogen) atoms. The highest BCUT2D eigenvalue weighted by Gasteiger charge is 2.41. The number of carbonyl (C=O) groups excluding carboxylic acids is 2. The number of benzene rings is 2. The minimum atomic E-state index is -1.21. The first-order chi connectivity index (χ1) is 13.5. The SMILES string of the molecule is CCN(CC)C(=O)OC1C=CC(=O)C(C)(c2ccc(-c3ccccc3)cc2)O1. The van der Waals surface area contributed by atoms with E-state index in [1.807, 2.05) is 68.4 Å². The average Bonchev–Trinajstić information content (AvgIpc) is 2.72. The molecule has 0 N–H and O–H groups in total. The van der Waals surface area contributed by atoms with Crippen LogP contribution in [-0.4, -0.2) is 36.2 Å². The summed E-state index contributed by atoms with van der Waals surface area (Å²) in [6.45, 7) is 6.55. The number of ketones is 1. The molecule has 5 heteroatoms. The van der Waals surface area contributed by atoms with Crippen LogP contribution in [0, 0.1) is 0 Å². The summed E-state index contributed by atoms with van der Waals surface area (Å²) in [4.78, 5) is 26.4. The van der Waals surface area contributed by atoms with E-state index in [4.69, 9.17) is 9.47 Å². The summed E-state index contributed by atoms with van der Waals surface area (Å²) in [5.74, 6) is -0.185. The van der Waals surface area contributed by atoms with Gasteiger partial charge in [-0.3, -0.25) is 4.79 Å². The Morgan fingerprint density at radius 3 is 2.25 bits per heavy atom. The van der Waals surface area contributed by atoms with Crippen LogP contribution in [0.2, 0.25) is 0 Å². The van der Waals surface area contributed by atoms with Crippen molar-refractivity contribution in [2.75, 3.05) is 13.1 Å². The number of ether oxygens (including phenoxy) is 2. The maximum Gasteiger partial charge on any atom is 0.412 e. The minimum Gasteiger partial charge on any atom is -0.416 e. The highest BCUT2D eigenvalue weighted by Crippen LogP contribution is 2.33. The number of nitrogens with zero attached hydrogens (tertiary/aromatic N) is 1. The van der Waals surface area contributed by atoms with E-state index >= 15 is 0 Å². The molecule has 0 fully saturated rings. The normalized spacial score (nSPS) is 21.4. The molecular weight excluding hydrogens is 354 g/mol. The van der Waals surface area contributed by atoms with E-state index in [-0.39, 0.29) is 5.78 Å². The van der Waals surface area contributed by atoms with Crippen LogP contribution in [0.15, 0.2) is 66.7 Å². The lowest BCUT2D eigenvalue weighted by molar-refractivity contribution is -0.179. The van der Waals surface area contributed by atoms with Gasteiger partial charge >= 0.3 is 6.09 Å². The van der Waals surface area contributed by atoms with Crippen molar-refractivity contribution in [3.8, 4) is 11.1 Å². The predicted molar refractivity (Wildman–Crippen MR) is 108 cm³/mol. The van der Waals surface area contributed by atoms with Gasteiger partial charge in [-0.05, 0) is 49.6 Å². The number of hydrogen-bond acceptors (Lipinski definition) is 4. The lowest BCUT2D eigenvalue weighted by Crippen LogP contribution is -2.44. The lowest BCUT2D eigenvalue weighted by Gasteiger charge is -2.34. The number of carbonyl (C=O) groups is 2. The van der Waals surface area contributed by atoms with Crippen LogP contribution in [0.25, 0.3) is 11.1 Å². The second-order valence-electron chi connectivity index (χ2n) is 6.74. The summed E-state index contributed by atoms with van der Waals surface area (Å²) in [5, 5.41) is 0. The van der Waals surface area contributed by atoms with Crippen LogP contribution in [0.1, 0.15) is 26.3 Å². The molecule has 2 aromatic carbocycles. The molecule has 146 valence electrons. The predicted octanol–water partition coefficient (Wildman–Crippen LogP) is 4.53. The fraction of sp³-hybridized carbons (Fsp3) is 0.304. The third kappa shape index (κ3) is 3.99. The second kappa shape index (κ2) is 8.40. The van der Waals surface area contributed by atoms with Crippen molar-refractivity contribution in [2.24, 2.45) is 0 Å². The van der Waals surface area contributed by atoms with Crippen molar-refractivity contribution in [3.05, 3.63) is 72.3 Å². The smallest absolute Gasteiger partial charge is 0.412 e. The van der Waals surface area contributed by atoms with Gasteiger partial charge in [-0.15, -0.1) is 0 Å². The zero-order chi connectivity index (χ0) is 20.1. The molecule has 1 heterocycles.